The van der Waals surface area contributed by atoms with Crippen LogP contribution in [-0.2, 0) is 0 Å². The molecule has 4 heteroatoms. The van der Waals surface area contributed by atoms with Gasteiger partial charge in [0.05, 0.1) is 0 Å². The Hall–Kier alpha value is -1.32. The molecule has 90 valence electrons. The third-order valence-electron chi connectivity index (χ3n) is 3.29. The molecular formula is C13H19BN2O. The van der Waals surface area contributed by atoms with Gasteiger partial charge in [0, 0.05) is 5.92 Å². The third-order valence-corrected chi connectivity index (χ3v) is 3.29. The van der Waals surface area contributed by atoms with Gasteiger partial charge in [0.25, 0.3) is 0 Å². The second-order valence-corrected chi connectivity index (χ2v) is 4.67. The van der Waals surface area contributed by atoms with Gasteiger partial charge in [-0.1, -0.05) is 36.0 Å². The summed E-state index contributed by atoms with van der Waals surface area (Å²) in [4.78, 5) is 4.51. The summed E-state index contributed by atoms with van der Waals surface area (Å²) in [6, 6.07) is 0. The number of hydrogen-bond acceptors (Lipinski definition) is 3. The van der Waals surface area contributed by atoms with Crippen LogP contribution in [0.1, 0.15) is 44.3 Å². The summed E-state index contributed by atoms with van der Waals surface area (Å²) in [5.41, 5.74) is 1.05. The van der Waals surface area contributed by atoms with Crippen molar-refractivity contribution in [3.8, 4) is 0 Å². The Kier molecular flexibility index (Phi) is 4.18. The summed E-state index contributed by atoms with van der Waals surface area (Å²) in [5.74, 6) is 2.04. The molecule has 1 aliphatic heterocycles. The molecule has 0 radical (unpaired) electrons. The van der Waals surface area contributed by atoms with Crippen molar-refractivity contribution in [2.75, 3.05) is 0 Å². The summed E-state index contributed by atoms with van der Waals surface area (Å²) in [5, 5.41) is 4.06. The van der Waals surface area contributed by atoms with Crippen molar-refractivity contribution in [2.24, 2.45) is 0 Å². The second-order valence-electron chi connectivity index (χ2n) is 4.67. The average Bonchev–Trinajstić information content (AvgIpc) is 2.86. The molecule has 1 fully saturated rings. The second kappa shape index (κ2) is 5.85. The van der Waals surface area contributed by atoms with Gasteiger partial charge in [0.2, 0.25) is 5.89 Å². The largest absolute Gasteiger partial charge is 0.339 e. The van der Waals surface area contributed by atoms with Gasteiger partial charge in [-0.3, -0.25) is 0 Å². The van der Waals surface area contributed by atoms with Crippen LogP contribution in [-0.4, -0.2) is 17.4 Å². The molecule has 0 unspecified atom stereocenters. The zero-order valence-corrected chi connectivity index (χ0v) is 10.6. The third kappa shape index (κ3) is 3.08. The van der Waals surface area contributed by atoms with E-state index in [1.54, 1.807) is 0 Å². The highest BCUT2D eigenvalue weighted by Crippen LogP contribution is 2.30. The lowest BCUT2D eigenvalue weighted by molar-refractivity contribution is 0.342. The van der Waals surface area contributed by atoms with Crippen LogP contribution >= 0.6 is 0 Å². The lowest BCUT2D eigenvalue weighted by Crippen LogP contribution is -2.08. The molecule has 2 rings (SSSR count). The summed E-state index contributed by atoms with van der Waals surface area (Å²) in [7, 11) is 1.34. The molecule has 1 aromatic heterocycles. The Labute approximate surface area is 103 Å². The first kappa shape index (κ1) is 12.2. The monoisotopic (exact) mass is 230 g/mol. The quantitative estimate of drug-likeness (QED) is 0.591. The Bertz CT molecular complexity index is 417. The Morgan fingerprint density at radius 1 is 1.41 bits per heavy atom. The minimum atomic E-state index is 0.486. The molecule has 0 amide bonds. The lowest BCUT2D eigenvalue weighted by Gasteiger charge is -2.16. The molecule has 3 nitrogen and oxygen atoms in total. The molecule has 1 aromatic rings. The van der Waals surface area contributed by atoms with Crippen molar-refractivity contribution in [2.45, 2.75) is 45.2 Å². The van der Waals surface area contributed by atoms with Gasteiger partial charge in [-0.05, 0) is 32.3 Å². The highest BCUT2D eigenvalue weighted by atomic mass is 16.5. The number of allylic oxidation sites excluding steroid dienone is 4. The summed E-state index contributed by atoms with van der Waals surface area (Å²) < 4.78 is 5.38. The van der Waals surface area contributed by atoms with E-state index < -0.39 is 0 Å². The van der Waals surface area contributed by atoms with Crippen molar-refractivity contribution in [1.82, 2.24) is 10.1 Å². The van der Waals surface area contributed by atoms with E-state index in [1.807, 2.05) is 32.1 Å². The van der Waals surface area contributed by atoms with Gasteiger partial charge in [0.15, 0.2) is 5.82 Å². The predicted octanol–water partition coefficient (Wildman–Crippen LogP) is 3.20. The van der Waals surface area contributed by atoms with E-state index in [9.17, 15) is 0 Å². The molecule has 1 aliphatic rings. The highest BCUT2D eigenvalue weighted by molar-refractivity contribution is 6.35. The Balaban J connectivity index is 2.09. The van der Waals surface area contributed by atoms with Crippen LogP contribution in [0.15, 0.2) is 22.8 Å². The first-order chi connectivity index (χ1) is 8.31. The maximum Gasteiger partial charge on any atom is 0.230 e. The van der Waals surface area contributed by atoms with Crippen LogP contribution in [0.5, 0.6) is 0 Å². The minimum Gasteiger partial charge on any atom is -0.339 e. The van der Waals surface area contributed by atoms with Crippen LogP contribution in [0.4, 0.5) is 0 Å². The maximum atomic E-state index is 5.38. The standard InChI is InChI=1S/C13H19BN2O/c1-3-4-5-10(2)12-15-13(17-16-12)11-6-8-14-9-7-11/h3-5,11,14H,6-9H2,1-2H3/b4-3-,10-5+. The number of aromatic nitrogens is 2. The van der Waals surface area contributed by atoms with E-state index in [4.69, 9.17) is 4.52 Å². The molecule has 0 spiro atoms. The van der Waals surface area contributed by atoms with Crippen molar-refractivity contribution in [3.05, 3.63) is 29.9 Å². The first-order valence-corrected chi connectivity index (χ1v) is 6.45. The molecule has 1 saturated heterocycles. The van der Waals surface area contributed by atoms with Crippen LogP contribution in [0.3, 0.4) is 0 Å². The van der Waals surface area contributed by atoms with Crippen LogP contribution in [0, 0.1) is 0 Å². The molecular weight excluding hydrogens is 211 g/mol. The summed E-state index contributed by atoms with van der Waals surface area (Å²) in [6.07, 6.45) is 11.0. The van der Waals surface area contributed by atoms with Crippen molar-refractivity contribution in [3.63, 3.8) is 0 Å². The molecule has 2 heterocycles. The molecule has 0 aliphatic carbocycles. The topological polar surface area (TPSA) is 38.9 Å². The van der Waals surface area contributed by atoms with E-state index >= 15 is 0 Å². The number of rotatable bonds is 3. The summed E-state index contributed by atoms with van der Waals surface area (Å²) in [6.45, 7) is 4.00. The van der Waals surface area contributed by atoms with Crippen molar-refractivity contribution in [1.29, 1.82) is 0 Å². The smallest absolute Gasteiger partial charge is 0.230 e. The zero-order valence-electron chi connectivity index (χ0n) is 10.6. The normalized spacial score (nSPS) is 18.6. The SMILES string of the molecule is C/C=C\C=C(/C)c1noc(C2CCBCC2)n1. The van der Waals surface area contributed by atoms with Crippen molar-refractivity contribution >= 4 is 12.9 Å². The summed E-state index contributed by atoms with van der Waals surface area (Å²) >= 11 is 0. The highest BCUT2D eigenvalue weighted by Gasteiger charge is 2.21. The van der Waals surface area contributed by atoms with Gasteiger partial charge >= 0.3 is 0 Å². The van der Waals surface area contributed by atoms with Gasteiger partial charge in [-0.15, -0.1) is 0 Å². The van der Waals surface area contributed by atoms with Gasteiger partial charge in [-0.25, -0.2) is 0 Å². The lowest BCUT2D eigenvalue weighted by atomic mass is 9.61. The fourth-order valence-corrected chi connectivity index (χ4v) is 2.23. The molecule has 0 bridgehead atoms. The van der Waals surface area contributed by atoms with Crippen LogP contribution in [0.25, 0.3) is 5.57 Å². The molecule has 0 N–H and O–H groups in total. The molecule has 0 aromatic carbocycles. The van der Waals surface area contributed by atoms with E-state index in [0.717, 1.165) is 17.3 Å². The molecule has 17 heavy (non-hydrogen) atoms. The molecule has 0 saturated carbocycles. The zero-order chi connectivity index (χ0) is 12.1. The average molecular weight is 230 g/mol. The minimum absolute atomic E-state index is 0.486. The van der Waals surface area contributed by atoms with Crippen LogP contribution < -0.4 is 0 Å². The molecule has 0 atom stereocenters. The van der Waals surface area contributed by atoms with Crippen molar-refractivity contribution < 1.29 is 4.52 Å². The first-order valence-electron chi connectivity index (χ1n) is 6.45. The van der Waals surface area contributed by atoms with E-state index in [-0.39, 0.29) is 0 Å². The Morgan fingerprint density at radius 3 is 2.88 bits per heavy atom. The van der Waals surface area contributed by atoms with E-state index in [0.29, 0.717) is 5.92 Å². The fourth-order valence-electron chi connectivity index (χ4n) is 2.23. The van der Waals surface area contributed by atoms with Crippen LogP contribution in [0.2, 0.25) is 12.6 Å². The Morgan fingerprint density at radius 2 is 2.18 bits per heavy atom. The number of nitrogens with zero attached hydrogens (tertiary/aromatic N) is 2. The maximum absolute atomic E-state index is 5.38. The van der Waals surface area contributed by atoms with E-state index in [1.165, 1.54) is 32.8 Å². The van der Waals surface area contributed by atoms with Gasteiger partial charge in [0.1, 0.15) is 7.28 Å². The van der Waals surface area contributed by atoms with Gasteiger partial charge in [-0.2, -0.15) is 4.98 Å². The number of hydrogen-bond donors (Lipinski definition) is 0. The predicted molar refractivity (Wildman–Crippen MR) is 71.5 cm³/mol. The van der Waals surface area contributed by atoms with E-state index in [2.05, 4.69) is 10.1 Å². The fraction of sp³-hybridized carbons (Fsp3) is 0.538. The van der Waals surface area contributed by atoms with Gasteiger partial charge < -0.3 is 4.52 Å².